The van der Waals surface area contributed by atoms with Gasteiger partial charge in [-0.05, 0) is 25.9 Å². The Morgan fingerprint density at radius 3 is 3.11 bits per heavy atom. The number of hydrogen-bond acceptors (Lipinski definition) is 2. The Morgan fingerprint density at radius 2 is 2.33 bits per heavy atom. The lowest BCUT2D eigenvalue weighted by Gasteiger charge is -2.26. The molecule has 0 aromatic rings. The molecule has 0 saturated carbocycles. The topological polar surface area (TPSA) is 15.3 Å². The number of likely N-dealkylation sites (N-methyl/N-ethyl adjacent to an activating group) is 1. The van der Waals surface area contributed by atoms with Crippen LogP contribution in [0.4, 0.5) is 0 Å². The summed E-state index contributed by atoms with van der Waals surface area (Å²) in [6.07, 6.45) is 1.42. The third-order valence-electron chi connectivity index (χ3n) is 2.41. The Kier molecular flexibility index (Phi) is 1.24. The molecule has 2 fully saturated rings. The van der Waals surface area contributed by atoms with E-state index in [9.17, 15) is 0 Å². The third-order valence-corrected chi connectivity index (χ3v) is 2.41. The second kappa shape index (κ2) is 1.96. The van der Waals surface area contributed by atoms with Crippen molar-refractivity contribution < 1.29 is 0 Å². The largest absolute Gasteiger partial charge is 0.312 e. The maximum atomic E-state index is 3.51. The summed E-state index contributed by atoms with van der Waals surface area (Å²) in [5.74, 6) is 0.953. The van der Waals surface area contributed by atoms with Crippen LogP contribution in [0.15, 0.2) is 0 Å². The molecule has 2 aliphatic rings. The van der Waals surface area contributed by atoms with Crippen LogP contribution in [0.1, 0.15) is 6.42 Å². The molecule has 2 aliphatic heterocycles. The molecule has 0 amide bonds. The predicted octanol–water partition coefficient (Wildman–Crippen LogP) is -0.0901. The summed E-state index contributed by atoms with van der Waals surface area (Å²) in [5, 5.41) is 3.51. The van der Waals surface area contributed by atoms with Crippen LogP contribution in [-0.2, 0) is 0 Å². The van der Waals surface area contributed by atoms with Crippen molar-refractivity contribution in [1.29, 1.82) is 0 Å². The fourth-order valence-electron chi connectivity index (χ4n) is 2.07. The van der Waals surface area contributed by atoms with Crippen LogP contribution in [0.2, 0.25) is 0 Å². The van der Waals surface area contributed by atoms with Crippen molar-refractivity contribution in [3.63, 3.8) is 0 Å². The van der Waals surface area contributed by atoms with Crippen molar-refractivity contribution in [1.82, 2.24) is 10.2 Å². The highest BCUT2D eigenvalue weighted by Gasteiger charge is 2.30. The third kappa shape index (κ3) is 0.970. The average molecular weight is 126 g/mol. The first kappa shape index (κ1) is 5.69. The highest BCUT2D eigenvalue weighted by atomic mass is 15.2. The van der Waals surface area contributed by atoms with Gasteiger partial charge in [-0.25, -0.2) is 0 Å². The zero-order chi connectivity index (χ0) is 6.27. The fraction of sp³-hybridized carbons (Fsp3) is 1.00. The molecular formula is C7H14N2. The van der Waals surface area contributed by atoms with Crippen LogP contribution < -0.4 is 5.32 Å². The molecule has 2 saturated heterocycles. The van der Waals surface area contributed by atoms with Gasteiger partial charge in [-0.15, -0.1) is 0 Å². The Labute approximate surface area is 56.2 Å². The normalized spacial score (nSPS) is 43.7. The highest BCUT2D eigenvalue weighted by molar-refractivity contribution is 4.89. The molecule has 0 spiro atoms. The Morgan fingerprint density at radius 1 is 1.44 bits per heavy atom. The molecule has 0 aromatic carbocycles. The van der Waals surface area contributed by atoms with E-state index in [0.717, 1.165) is 12.0 Å². The molecule has 9 heavy (non-hydrogen) atoms. The van der Waals surface area contributed by atoms with Crippen molar-refractivity contribution in [2.24, 2.45) is 5.92 Å². The number of piperidine rings is 1. The Hall–Kier alpha value is -0.0800. The van der Waals surface area contributed by atoms with Crippen molar-refractivity contribution in [3.05, 3.63) is 0 Å². The molecule has 2 bridgehead atoms. The molecule has 0 aromatic heterocycles. The molecule has 2 heterocycles. The van der Waals surface area contributed by atoms with E-state index < -0.39 is 0 Å². The lowest BCUT2D eigenvalue weighted by atomic mass is 10.0. The summed E-state index contributed by atoms with van der Waals surface area (Å²) >= 11 is 0. The number of likely N-dealkylation sites (tertiary alicyclic amines) is 1. The van der Waals surface area contributed by atoms with Gasteiger partial charge in [-0.3, -0.25) is 0 Å². The summed E-state index contributed by atoms with van der Waals surface area (Å²) in [6.45, 7) is 3.83. The van der Waals surface area contributed by atoms with Crippen molar-refractivity contribution in [3.8, 4) is 0 Å². The number of fused-ring (bicyclic) bond motifs is 2. The molecule has 0 aliphatic carbocycles. The molecule has 2 heteroatoms. The molecule has 2 atom stereocenters. The minimum absolute atomic E-state index is 0.814. The summed E-state index contributed by atoms with van der Waals surface area (Å²) in [4.78, 5) is 2.43. The van der Waals surface area contributed by atoms with Crippen LogP contribution in [0.3, 0.4) is 0 Å². The fourth-order valence-corrected chi connectivity index (χ4v) is 2.07. The van der Waals surface area contributed by atoms with Crippen LogP contribution in [0.25, 0.3) is 0 Å². The highest BCUT2D eigenvalue weighted by Crippen LogP contribution is 2.20. The lowest BCUT2D eigenvalue weighted by molar-refractivity contribution is 0.233. The minimum atomic E-state index is 0.814. The van der Waals surface area contributed by atoms with E-state index >= 15 is 0 Å². The molecule has 1 N–H and O–H groups in total. The van der Waals surface area contributed by atoms with E-state index in [-0.39, 0.29) is 0 Å². The van der Waals surface area contributed by atoms with E-state index in [1.165, 1.54) is 26.1 Å². The molecular weight excluding hydrogens is 112 g/mol. The van der Waals surface area contributed by atoms with Gasteiger partial charge in [0, 0.05) is 19.1 Å². The summed E-state index contributed by atoms with van der Waals surface area (Å²) in [7, 11) is 2.21. The van der Waals surface area contributed by atoms with Crippen LogP contribution in [-0.4, -0.2) is 37.6 Å². The van der Waals surface area contributed by atoms with Crippen molar-refractivity contribution >= 4 is 0 Å². The van der Waals surface area contributed by atoms with Crippen LogP contribution in [0, 0.1) is 5.92 Å². The van der Waals surface area contributed by atoms with Gasteiger partial charge in [0.1, 0.15) is 0 Å². The van der Waals surface area contributed by atoms with Crippen LogP contribution in [0.5, 0.6) is 0 Å². The van der Waals surface area contributed by atoms with E-state index in [4.69, 9.17) is 0 Å². The number of hydrogen-bond donors (Lipinski definition) is 1. The van der Waals surface area contributed by atoms with Gasteiger partial charge in [-0.1, -0.05) is 0 Å². The Bertz CT molecular complexity index is 101. The molecule has 0 radical (unpaired) electrons. The second-order valence-corrected chi connectivity index (χ2v) is 3.43. The standard InChI is InChI=1S/C7H14N2/c1-9-4-6-2-7(5-9)8-3-6/h6-8H,2-5H2,1H3. The number of nitrogens with zero attached hydrogens (tertiary/aromatic N) is 1. The minimum Gasteiger partial charge on any atom is -0.312 e. The number of nitrogens with one attached hydrogen (secondary N) is 1. The molecule has 2 rings (SSSR count). The van der Waals surface area contributed by atoms with Gasteiger partial charge in [0.25, 0.3) is 0 Å². The summed E-state index contributed by atoms with van der Waals surface area (Å²) < 4.78 is 0. The monoisotopic (exact) mass is 126 g/mol. The first-order chi connectivity index (χ1) is 4.34. The van der Waals surface area contributed by atoms with Crippen molar-refractivity contribution in [2.45, 2.75) is 12.5 Å². The van der Waals surface area contributed by atoms with Gasteiger partial charge in [0.05, 0.1) is 0 Å². The molecule has 2 nitrogen and oxygen atoms in total. The lowest BCUT2D eigenvalue weighted by Crippen LogP contribution is -2.38. The summed E-state index contributed by atoms with van der Waals surface area (Å²) in [5.41, 5.74) is 0. The van der Waals surface area contributed by atoms with E-state index in [2.05, 4.69) is 17.3 Å². The molecule has 2 unspecified atom stereocenters. The SMILES string of the molecule is CN1CC2CNC(C2)C1. The van der Waals surface area contributed by atoms with Gasteiger partial charge in [0.2, 0.25) is 0 Å². The quantitative estimate of drug-likeness (QED) is 0.488. The van der Waals surface area contributed by atoms with E-state index in [1.54, 1.807) is 0 Å². The number of rotatable bonds is 0. The maximum Gasteiger partial charge on any atom is 0.0198 e. The van der Waals surface area contributed by atoms with E-state index in [0.29, 0.717) is 0 Å². The van der Waals surface area contributed by atoms with Crippen molar-refractivity contribution in [2.75, 3.05) is 26.7 Å². The van der Waals surface area contributed by atoms with E-state index in [1.807, 2.05) is 0 Å². The Balaban J connectivity index is 2.03. The van der Waals surface area contributed by atoms with Gasteiger partial charge >= 0.3 is 0 Å². The first-order valence-electron chi connectivity index (χ1n) is 3.76. The smallest absolute Gasteiger partial charge is 0.0198 e. The maximum absolute atomic E-state index is 3.51. The van der Waals surface area contributed by atoms with Crippen LogP contribution >= 0.6 is 0 Å². The van der Waals surface area contributed by atoms with Gasteiger partial charge in [-0.2, -0.15) is 0 Å². The molecule has 52 valence electrons. The average Bonchev–Trinajstić information content (AvgIpc) is 2.11. The predicted molar refractivity (Wildman–Crippen MR) is 37.4 cm³/mol. The summed E-state index contributed by atoms with van der Waals surface area (Å²) in [6, 6.07) is 0.814. The second-order valence-electron chi connectivity index (χ2n) is 3.43. The zero-order valence-corrected chi connectivity index (χ0v) is 5.93. The zero-order valence-electron chi connectivity index (χ0n) is 5.93. The van der Waals surface area contributed by atoms with Gasteiger partial charge in [0.15, 0.2) is 0 Å². The first-order valence-corrected chi connectivity index (χ1v) is 3.76. The van der Waals surface area contributed by atoms with Gasteiger partial charge < -0.3 is 10.2 Å².